The molecule has 29 heavy (non-hydrogen) atoms. The number of nitrogens with zero attached hydrogens (tertiary/aromatic N) is 1. The predicted molar refractivity (Wildman–Crippen MR) is 116 cm³/mol. The van der Waals surface area contributed by atoms with Gasteiger partial charge in [-0.25, -0.2) is 0 Å². The number of rotatable bonds is 7. The Morgan fingerprint density at radius 3 is 2.31 bits per heavy atom. The summed E-state index contributed by atoms with van der Waals surface area (Å²) in [7, 11) is 1.56. The molecule has 0 aliphatic carbocycles. The van der Waals surface area contributed by atoms with Gasteiger partial charge in [-0.05, 0) is 41.7 Å². The first-order valence-electron chi connectivity index (χ1n) is 9.61. The summed E-state index contributed by atoms with van der Waals surface area (Å²) in [5, 5.41) is 3.22. The van der Waals surface area contributed by atoms with Crippen LogP contribution in [0.25, 0.3) is 0 Å². The molecule has 0 aliphatic rings. The molecule has 2 aromatic carbocycles. The highest BCUT2D eigenvalue weighted by Crippen LogP contribution is 2.31. The second kappa shape index (κ2) is 9.79. The zero-order valence-corrected chi connectivity index (χ0v) is 18.4. The van der Waals surface area contributed by atoms with E-state index in [2.05, 4.69) is 26.1 Å². The molecule has 2 rings (SSSR count). The highest BCUT2D eigenvalue weighted by molar-refractivity contribution is 6.30. The molecule has 2 amide bonds. The van der Waals surface area contributed by atoms with E-state index >= 15 is 0 Å². The smallest absolute Gasteiger partial charge is 0.261 e. The summed E-state index contributed by atoms with van der Waals surface area (Å²) in [6.45, 7) is 8.12. The van der Waals surface area contributed by atoms with Gasteiger partial charge in [-0.2, -0.15) is 0 Å². The summed E-state index contributed by atoms with van der Waals surface area (Å²) in [5.41, 5.74) is 1.79. The average Bonchev–Trinajstić information content (AvgIpc) is 2.70. The third-order valence-corrected chi connectivity index (χ3v) is 4.98. The van der Waals surface area contributed by atoms with Crippen molar-refractivity contribution in [2.75, 3.05) is 13.7 Å². The largest absolute Gasteiger partial charge is 0.483 e. The van der Waals surface area contributed by atoms with Crippen LogP contribution in [0.5, 0.6) is 5.75 Å². The second-order valence-corrected chi connectivity index (χ2v) is 8.41. The van der Waals surface area contributed by atoms with Gasteiger partial charge in [0.05, 0.1) is 0 Å². The maximum absolute atomic E-state index is 13.0. The van der Waals surface area contributed by atoms with Gasteiger partial charge in [-0.15, -0.1) is 0 Å². The first-order chi connectivity index (χ1) is 13.6. The maximum atomic E-state index is 13.0. The zero-order valence-electron chi connectivity index (χ0n) is 17.7. The molecule has 1 atom stereocenters. The van der Waals surface area contributed by atoms with Crippen LogP contribution >= 0.6 is 11.6 Å². The van der Waals surface area contributed by atoms with Crippen LogP contribution in [0.15, 0.2) is 48.5 Å². The topological polar surface area (TPSA) is 58.6 Å². The van der Waals surface area contributed by atoms with E-state index in [1.165, 1.54) is 4.90 Å². The van der Waals surface area contributed by atoms with E-state index in [9.17, 15) is 9.59 Å². The monoisotopic (exact) mass is 416 g/mol. The van der Waals surface area contributed by atoms with Gasteiger partial charge in [0.2, 0.25) is 5.91 Å². The Morgan fingerprint density at radius 2 is 1.72 bits per heavy atom. The van der Waals surface area contributed by atoms with Crippen LogP contribution in [0.1, 0.15) is 38.8 Å². The number of para-hydroxylation sites is 1. The fourth-order valence-electron chi connectivity index (χ4n) is 3.01. The molecule has 0 spiro atoms. The van der Waals surface area contributed by atoms with Crippen LogP contribution in [-0.2, 0) is 21.5 Å². The summed E-state index contributed by atoms with van der Waals surface area (Å²) in [6, 6.07) is 14.3. The summed E-state index contributed by atoms with van der Waals surface area (Å²) >= 11 is 5.95. The molecule has 0 heterocycles. The van der Waals surface area contributed by atoms with Crippen molar-refractivity contribution in [3.05, 3.63) is 64.7 Å². The summed E-state index contributed by atoms with van der Waals surface area (Å²) in [4.78, 5) is 26.7. The molecular formula is C23H29ClN2O3. The van der Waals surface area contributed by atoms with Crippen molar-refractivity contribution in [2.24, 2.45) is 0 Å². The van der Waals surface area contributed by atoms with Gasteiger partial charge in [-0.3, -0.25) is 9.59 Å². The lowest BCUT2D eigenvalue weighted by molar-refractivity contribution is -0.142. The molecule has 0 saturated carbocycles. The molecule has 6 heteroatoms. The van der Waals surface area contributed by atoms with Crippen molar-refractivity contribution >= 4 is 23.4 Å². The van der Waals surface area contributed by atoms with E-state index in [-0.39, 0.29) is 30.4 Å². The van der Waals surface area contributed by atoms with Crippen molar-refractivity contribution in [3.8, 4) is 5.75 Å². The van der Waals surface area contributed by atoms with Gasteiger partial charge in [0.1, 0.15) is 11.8 Å². The van der Waals surface area contributed by atoms with Crippen LogP contribution in [0.2, 0.25) is 5.02 Å². The van der Waals surface area contributed by atoms with E-state index < -0.39 is 6.04 Å². The number of ether oxygens (including phenoxy) is 1. The summed E-state index contributed by atoms with van der Waals surface area (Å²) < 4.78 is 5.88. The first-order valence-corrected chi connectivity index (χ1v) is 9.99. The molecule has 1 N–H and O–H groups in total. The number of likely N-dealkylation sites (N-methyl/N-ethyl adjacent to an activating group) is 1. The number of hydrogen-bond acceptors (Lipinski definition) is 3. The lowest BCUT2D eigenvalue weighted by Crippen LogP contribution is -2.48. The van der Waals surface area contributed by atoms with E-state index in [0.717, 1.165) is 11.1 Å². The van der Waals surface area contributed by atoms with Gasteiger partial charge >= 0.3 is 0 Å². The van der Waals surface area contributed by atoms with E-state index in [1.54, 1.807) is 26.1 Å². The molecule has 156 valence electrons. The quantitative estimate of drug-likeness (QED) is 0.736. The van der Waals surface area contributed by atoms with Crippen molar-refractivity contribution in [2.45, 2.75) is 45.7 Å². The molecule has 0 bridgehead atoms. The Balaban J connectivity index is 2.19. The minimum absolute atomic E-state index is 0.113. The SMILES string of the molecule is CNC(=O)C(C)N(Cc1ccc(Cl)cc1)C(=O)COc1ccccc1C(C)(C)C. The fourth-order valence-corrected chi connectivity index (χ4v) is 3.14. The lowest BCUT2D eigenvalue weighted by Gasteiger charge is -2.29. The standard InChI is InChI=1S/C23H29ClN2O3/c1-16(22(28)25-5)26(14-17-10-12-18(24)13-11-17)21(27)15-29-20-9-7-6-8-19(20)23(2,3)4/h6-13,16H,14-15H2,1-5H3,(H,25,28). The number of benzene rings is 2. The highest BCUT2D eigenvalue weighted by Gasteiger charge is 2.26. The molecule has 2 aromatic rings. The van der Waals surface area contributed by atoms with Crippen LogP contribution in [0.4, 0.5) is 0 Å². The first kappa shape index (κ1) is 22.8. The number of carbonyl (C=O) groups is 2. The van der Waals surface area contributed by atoms with Crippen LogP contribution < -0.4 is 10.1 Å². The highest BCUT2D eigenvalue weighted by atomic mass is 35.5. The molecule has 1 unspecified atom stereocenters. The zero-order chi connectivity index (χ0) is 21.6. The van der Waals surface area contributed by atoms with Crippen molar-refractivity contribution < 1.29 is 14.3 Å². The summed E-state index contributed by atoms with van der Waals surface area (Å²) in [5.74, 6) is 0.176. The van der Waals surface area contributed by atoms with Crippen LogP contribution in [0, 0.1) is 0 Å². The molecule has 5 nitrogen and oxygen atoms in total. The molecule has 0 saturated heterocycles. The number of nitrogens with one attached hydrogen (secondary N) is 1. The molecule has 0 fully saturated rings. The van der Waals surface area contributed by atoms with Crippen molar-refractivity contribution in [1.29, 1.82) is 0 Å². The Morgan fingerprint density at radius 1 is 1.10 bits per heavy atom. The molecule has 0 aliphatic heterocycles. The minimum atomic E-state index is -0.635. The minimum Gasteiger partial charge on any atom is -0.483 e. The second-order valence-electron chi connectivity index (χ2n) is 7.97. The number of hydrogen-bond donors (Lipinski definition) is 1. The Kier molecular flexibility index (Phi) is 7.68. The molecular weight excluding hydrogens is 388 g/mol. The summed E-state index contributed by atoms with van der Waals surface area (Å²) in [6.07, 6.45) is 0. The van der Waals surface area contributed by atoms with E-state index in [0.29, 0.717) is 10.8 Å². The molecule has 0 aromatic heterocycles. The number of halogens is 1. The van der Waals surface area contributed by atoms with Gasteiger partial charge in [0.15, 0.2) is 6.61 Å². The van der Waals surface area contributed by atoms with E-state index in [4.69, 9.17) is 16.3 Å². The molecule has 0 radical (unpaired) electrons. The third kappa shape index (κ3) is 6.23. The maximum Gasteiger partial charge on any atom is 0.261 e. The van der Waals surface area contributed by atoms with Crippen molar-refractivity contribution in [1.82, 2.24) is 10.2 Å². The predicted octanol–water partition coefficient (Wildman–Crippen LogP) is 4.18. The number of amides is 2. The average molecular weight is 417 g/mol. The third-order valence-electron chi connectivity index (χ3n) is 4.73. The lowest BCUT2D eigenvalue weighted by atomic mass is 9.86. The van der Waals surface area contributed by atoms with E-state index in [1.807, 2.05) is 36.4 Å². The number of carbonyl (C=O) groups excluding carboxylic acids is 2. The van der Waals surface area contributed by atoms with Crippen LogP contribution in [-0.4, -0.2) is 36.4 Å². The Hall–Kier alpha value is -2.53. The fraction of sp³-hybridized carbons (Fsp3) is 0.391. The van der Waals surface area contributed by atoms with Gasteiger partial charge < -0.3 is 15.0 Å². The van der Waals surface area contributed by atoms with Crippen LogP contribution in [0.3, 0.4) is 0 Å². The van der Waals surface area contributed by atoms with Gasteiger partial charge in [-0.1, -0.05) is 62.7 Å². The Labute approximate surface area is 178 Å². The Bertz CT molecular complexity index is 844. The van der Waals surface area contributed by atoms with Crippen molar-refractivity contribution in [3.63, 3.8) is 0 Å². The van der Waals surface area contributed by atoms with Gasteiger partial charge in [0, 0.05) is 18.6 Å². The normalized spacial score (nSPS) is 12.2. The van der Waals surface area contributed by atoms with Gasteiger partial charge in [0.25, 0.3) is 5.91 Å².